The van der Waals surface area contributed by atoms with Gasteiger partial charge in [0, 0.05) is 37.4 Å². The lowest BCUT2D eigenvalue weighted by Crippen LogP contribution is -2.44. The molecule has 2 atom stereocenters. The Morgan fingerprint density at radius 2 is 1.44 bits per heavy atom. The van der Waals surface area contributed by atoms with Crippen LogP contribution in [0, 0.1) is 0 Å². The molecule has 4 aromatic carbocycles. The van der Waals surface area contributed by atoms with Crippen LogP contribution in [-0.2, 0) is 25.9 Å². The maximum Gasteiger partial charge on any atom is 0.408 e. The maximum atomic E-state index is 14.1. The van der Waals surface area contributed by atoms with Crippen molar-refractivity contribution in [1.82, 2.24) is 25.1 Å². The third kappa shape index (κ3) is 11.6. The van der Waals surface area contributed by atoms with Gasteiger partial charge in [-0.25, -0.2) is 18.2 Å². The van der Waals surface area contributed by atoms with Gasteiger partial charge in [-0.1, -0.05) is 78.9 Å². The number of rotatable bonds is 10. The van der Waals surface area contributed by atoms with E-state index in [2.05, 4.69) is 20.5 Å². The van der Waals surface area contributed by atoms with Crippen LogP contribution in [0.25, 0.3) is 22.4 Å². The van der Waals surface area contributed by atoms with Gasteiger partial charge in [-0.05, 0) is 85.7 Å². The first-order valence-electron chi connectivity index (χ1n) is 19.2. The van der Waals surface area contributed by atoms with Crippen LogP contribution < -0.4 is 10.6 Å². The summed E-state index contributed by atoms with van der Waals surface area (Å²) < 4.78 is 28.9. The molecule has 2 saturated heterocycles. The number of ether oxygens (including phenoxy) is 1. The molecule has 0 bridgehead atoms. The number of alkyl carbamates (subject to hydrolysis) is 1. The Kier molecular flexibility index (Phi) is 14.7. The number of nitrogens with one attached hydrogen (secondary N) is 3. The molecule has 2 aliphatic heterocycles. The lowest BCUT2D eigenvalue weighted by molar-refractivity contribution is -0.134. The van der Waals surface area contributed by atoms with Crippen LogP contribution in [-0.4, -0.2) is 82.8 Å². The smallest absolute Gasteiger partial charge is 0.408 e. The molecular weight excluding hydrogens is 805 g/mol. The Bertz CT molecular complexity index is 2300. The number of aromatic amines is 1. The lowest BCUT2D eigenvalue weighted by atomic mass is 10.0. The van der Waals surface area contributed by atoms with Crippen molar-refractivity contribution in [2.24, 2.45) is 0 Å². The summed E-state index contributed by atoms with van der Waals surface area (Å²) in [5.74, 6) is 0.643. The summed E-state index contributed by atoms with van der Waals surface area (Å²) >= 11 is 0. The van der Waals surface area contributed by atoms with Crippen LogP contribution in [0.1, 0.15) is 73.0 Å². The van der Waals surface area contributed by atoms with E-state index in [0.29, 0.717) is 48.8 Å². The zero-order valence-corrected chi connectivity index (χ0v) is 36.2. The first-order chi connectivity index (χ1) is 27.3. The Hall–Kier alpha value is -5.09. The molecule has 59 heavy (non-hydrogen) atoms. The summed E-state index contributed by atoms with van der Waals surface area (Å²) in [5, 5.41) is 5.76. The summed E-state index contributed by atoms with van der Waals surface area (Å²) in [6.07, 6.45) is 2.67. The number of carbonyl (C=O) groups excluding carboxylic acids is 3. The number of benzene rings is 4. The number of likely N-dealkylation sites (tertiary alicyclic amines) is 1. The second kappa shape index (κ2) is 19.3. The number of aromatic nitrogens is 2. The van der Waals surface area contributed by atoms with E-state index in [4.69, 9.17) is 9.72 Å². The normalized spacial score (nSPS) is 16.9. The van der Waals surface area contributed by atoms with Crippen molar-refractivity contribution in [3.05, 3.63) is 132 Å². The van der Waals surface area contributed by atoms with Crippen LogP contribution >= 0.6 is 27.0 Å². The van der Waals surface area contributed by atoms with E-state index in [0.717, 1.165) is 40.8 Å². The highest BCUT2D eigenvalue weighted by molar-refractivity contribution is 7.91. The highest BCUT2D eigenvalue weighted by atomic mass is 32.2. The Labute approximate surface area is 360 Å². The number of carbonyl (C=O) groups is 3. The summed E-state index contributed by atoms with van der Waals surface area (Å²) in [4.78, 5) is 52.0. The third-order valence-electron chi connectivity index (χ3n) is 10.2. The number of amides is 3. The Balaban J connectivity index is 0.00000331. The van der Waals surface area contributed by atoms with Crippen LogP contribution in [0.15, 0.2) is 109 Å². The molecule has 0 radical (unpaired) electrons. The molecule has 2 aliphatic rings. The molecule has 312 valence electrons. The molecule has 0 saturated carbocycles. The quantitative estimate of drug-likeness (QED) is 0.132. The first-order valence-corrected chi connectivity index (χ1v) is 21.1. The average Bonchev–Trinajstić information content (AvgIpc) is 3.89. The zero-order valence-electron chi connectivity index (χ0n) is 33.4. The molecule has 3 N–H and O–H groups in total. The van der Waals surface area contributed by atoms with Gasteiger partial charge in [0.2, 0.25) is 0 Å². The van der Waals surface area contributed by atoms with Gasteiger partial charge in [0.1, 0.15) is 17.5 Å². The fourth-order valence-electron chi connectivity index (χ4n) is 7.21. The van der Waals surface area contributed by atoms with E-state index in [1.165, 1.54) is 0 Å². The number of hydrogen-bond donors (Lipinski definition) is 3. The van der Waals surface area contributed by atoms with Gasteiger partial charge in [-0.3, -0.25) is 14.5 Å². The zero-order chi connectivity index (χ0) is 40.2. The largest absolute Gasteiger partial charge is 0.444 e. The monoisotopic (exact) mass is 856 g/mol. The maximum absolute atomic E-state index is 14.1. The number of imidazole rings is 1. The van der Waals surface area contributed by atoms with Gasteiger partial charge in [0.05, 0.1) is 29.4 Å². The van der Waals surface area contributed by atoms with Crippen molar-refractivity contribution >= 4 is 60.4 Å². The predicted octanol–water partition coefficient (Wildman–Crippen LogP) is 7.38. The van der Waals surface area contributed by atoms with Crippen molar-refractivity contribution in [3.8, 4) is 22.4 Å². The molecule has 15 heteroatoms. The van der Waals surface area contributed by atoms with Crippen molar-refractivity contribution in [3.63, 3.8) is 0 Å². The van der Waals surface area contributed by atoms with E-state index in [-0.39, 0.29) is 56.4 Å². The molecule has 0 unspecified atom stereocenters. The van der Waals surface area contributed by atoms with Crippen molar-refractivity contribution < 1.29 is 27.5 Å². The van der Waals surface area contributed by atoms with Crippen LogP contribution in [0.3, 0.4) is 0 Å². The standard InChI is InChI=1S/C44H48N6O6S.2H2S/c1-44(2,3)56-43(53)48-39(34-8-5-4-6-9-34)42(52)50-23-7-10-38(50)40-45-28-37(47-40)33-17-13-31(14-18-33)32-15-19-35(20-16-32)41(51)46-36-21-11-30(12-22-36)29-49-24-26-57(54,55)27-25-49;;/h4-6,8-9,11-22,28,38-39H,7,10,23-27,29H2,1-3H3,(H,45,47)(H,46,51)(H,48,53);2*1H2/t38-,39-;;/m0../s1. The molecule has 0 aliphatic carbocycles. The number of hydrogen-bond acceptors (Lipinski definition) is 8. The minimum absolute atomic E-state index is 0. The molecule has 3 heterocycles. The molecular formula is C44H52N6O6S3. The topological polar surface area (TPSA) is 154 Å². The summed E-state index contributed by atoms with van der Waals surface area (Å²) in [7, 11) is -2.92. The number of sulfone groups is 1. The summed E-state index contributed by atoms with van der Waals surface area (Å²) in [5.41, 5.74) is 5.96. The van der Waals surface area contributed by atoms with E-state index < -0.39 is 27.6 Å². The predicted molar refractivity (Wildman–Crippen MR) is 241 cm³/mol. The Morgan fingerprint density at radius 3 is 2.07 bits per heavy atom. The highest BCUT2D eigenvalue weighted by Crippen LogP contribution is 2.34. The van der Waals surface area contributed by atoms with Crippen molar-refractivity contribution in [1.29, 1.82) is 0 Å². The first kappa shape index (κ1) is 45.0. The molecule has 0 spiro atoms. The van der Waals surface area contributed by atoms with Crippen molar-refractivity contribution in [2.75, 3.05) is 36.5 Å². The van der Waals surface area contributed by atoms with Crippen LogP contribution in [0.2, 0.25) is 0 Å². The highest BCUT2D eigenvalue weighted by Gasteiger charge is 2.37. The van der Waals surface area contributed by atoms with E-state index in [1.54, 1.807) is 44.0 Å². The molecule has 7 rings (SSSR count). The third-order valence-corrected chi connectivity index (χ3v) is 11.8. The lowest BCUT2D eigenvalue weighted by Gasteiger charge is -2.29. The van der Waals surface area contributed by atoms with Gasteiger partial charge >= 0.3 is 6.09 Å². The average molecular weight is 857 g/mol. The molecule has 3 amide bonds. The molecule has 1 aromatic heterocycles. The number of nitrogens with zero attached hydrogens (tertiary/aromatic N) is 3. The fraction of sp³-hybridized carbons (Fsp3) is 0.318. The van der Waals surface area contributed by atoms with Crippen LogP contribution in [0.4, 0.5) is 10.5 Å². The van der Waals surface area contributed by atoms with Gasteiger partial charge < -0.3 is 25.3 Å². The second-order valence-corrected chi connectivity index (χ2v) is 17.9. The summed E-state index contributed by atoms with van der Waals surface area (Å²) in [6.45, 7) is 7.63. The van der Waals surface area contributed by atoms with Gasteiger partial charge in [-0.15, -0.1) is 0 Å². The van der Waals surface area contributed by atoms with E-state index >= 15 is 0 Å². The van der Waals surface area contributed by atoms with Gasteiger partial charge in [0.25, 0.3) is 11.8 Å². The number of H-pyrrole nitrogens is 1. The molecule has 5 aromatic rings. The number of anilines is 1. The van der Waals surface area contributed by atoms with E-state index in [9.17, 15) is 22.8 Å². The SMILES string of the molecule is CC(C)(C)OC(=O)N[C@H](C(=O)N1CCC[C@H]1c1ncc(-c2ccc(-c3ccc(C(=O)Nc4ccc(CN5CCS(=O)(=O)CC5)cc4)cc3)cc2)[nH]1)c1ccccc1.S.S. The summed E-state index contributed by atoms with van der Waals surface area (Å²) in [6, 6.07) is 31.2. The van der Waals surface area contributed by atoms with E-state index in [1.807, 2.05) is 91.0 Å². The Morgan fingerprint density at radius 1 is 0.831 bits per heavy atom. The minimum atomic E-state index is -2.92. The molecule has 12 nitrogen and oxygen atoms in total. The van der Waals surface area contributed by atoms with Crippen LogP contribution in [0.5, 0.6) is 0 Å². The fourth-order valence-corrected chi connectivity index (χ4v) is 8.49. The van der Waals surface area contributed by atoms with Gasteiger partial charge in [0.15, 0.2) is 9.84 Å². The minimum Gasteiger partial charge on any atom is -0.444 e. The van der Waals surface area contributed by atoms with Gasteiger partial charge in [-0.2, -0.15) is 27.0 Å². The second-order valence-electron chi connectivity index (χ2n) is 15.6. The van der Waals surface area contributed by atoms with Crippen molar-refractivity contribution in [2.45, 2.75) is 57.8 Å². The molecule has 2 fully saturated rings.